The highest BCUT2D eigenvalue weighted by molar-refractivity contribution is 5.99. The Bertz CT molecular complexity index is 977. The number of nitrogens with zero attached hydrogens (tertiary/aromatic N) is 3. The molecule has 0 aliphatic carbocycles. The molecule has 5 rings (SSSR count). The summed E-state index contributed by atoms with van der Waals surface area (Å²) in [5.74, 6) is -2.93. The number of carbonyl (C=O) groups excluding carboxylic acids is 3. The second kappa shape index (κ2) is 10.1. The Hall–Kier alpha value is -2.27. The van der Waals surface area contributed by atoms with Gasteiger partial charge in [-0.15, -0.1) is 0 Å². The van der Waals surface area contributed by atoms with E-state index < -0.39 is 41.1 Å². The summed E-state index contributed by atoms with van der Waals surface area (Å²) in [6.45, 7) is 10.2. The van der Waals surface area contributed by atoms with Crippen molar-refractivity contribution in [3.8, 4) is 0 Å². The first-order valence-corrected chi connectivity index (χ1v) is 13.5. The minimum atomic E-state index is -1.33. The van der Waals surface area contributed by atoms with Crippen LogP contribution >= 0.6 is 0 Å². The number of rotatable bonds is 7. The van der Waals surface area contributed by atoms with E-state index in [0.29, 0.717) is 39.3 Å². The van der Waals surface area contributed by atoms with Crippen molar-refractivity contribution in [1.82, 2.24) is 14.7 Å². The number of fused-ring (bicyclic) bond motifs is 2. The van der Waals surface area contributed by atoms with Crippen LogP contribution in [-0.2, 0) is 28.6 Å². The molecule has 6 atom stereocenters. The molecule has 1 N–H and O–H groups in total. The van der Waals surface area contributed by atoms with E-state index in [1.54, 1.807) is 11.0 Å². The molecule has 3 fully saturated rings. The van der Waals surface area contributed by atoms with Crippen molar-refractivity contribution < 1.29 is 33.7 Å². The van der Waals surface area contributed by atoms with E-state index in [9.17, 15) is 19.5 Å². The molecule has 1 spiro atoms. The lowest BCUT2D eigenvalue weighted by molar-refractivity contribution is -0.162. The lowest BCUT2D eigenvalue weighted by Gasteiger charge is -2.41. The Kier molecular flexibility index (Phi) is 7.21. The summed E-state index contributed by atoms with van der Waals surface area (Å²) >= 11 is 0. The van der Waals surface area contributed by atoms with Crippen molar-refractivity contribution in [2.45, 2.75) is 50.5 Å². The molecule has 0 saturated carbocycles. The topological polar surface area (TPSA) is 109 Å². The van der Waals surface area contributed by atoms with Crippen molar-refractivity contribution in [2.24, 2.45) is 17.8 Å². The Morgan fingerprint density at radius 2 is 1.81 bits per heavy atom. The molecule has 3 saturated heterocycles. The van der Waals surface area contributed by atoms with Crippen LogP contribution in [0.15, 0.2) is 24.3 Å². The number of amides is 2. The molecule has 2 amide bonds. The molecular weight excluding hydrogens is 478 g/mol. The van der Waals surface area contributed by atoms with E-state index >= 15 is 0 Å². The highest BCUT2D eigenvalue weighted by atomic mass is 16.6. The number of hydrogen-bond acceptors (Lipinski definition) is 8. The highest BCUT2D eigenvalue weighted by Gasteiger charge is 2.76. The maximum Gasteiger partial charge on any atom is 0.313 e. The van der Waals surface area contributed by atoms with Crippen LogP contribution in [0.2, 0.25) is 0 Å². The summed E-state index contributed by atoms with van der Waals surface area (Å²) < 4.78 is 17.8. The van der Waals surface area contributed by atoms with E-state index in [1.807, 2.05) is 39.0 Å². The molecule has 0 aromatic heterocycles. The monoisotopic (exact) mass is 517 g/mol. The molecule has 37 heavy (non-hydrogen) atoms. The summed E-state index contributed by atoms with van der Waals surface area (Å²) in [6.07, 6.45) is 7.80. The second-order valence-corrected chi connectivity index (χ2v) is 11.0. The summed E-state index contributed by atoms with van der Waals surface area (Å²) in [4.78, 5) is 47.5. The van der Waals surface area contributed by atoms with E-state index in [1.165, 1.54) is 4.90 Å². The fourth-order valence-corrected chi connectivity index (χ4v) is 6.85. The Labute approximate surface area is 218 Å². The molecular formula is C27H39N3O7. The standard InChI is InChI=1S/C27H39N3O7/c1-4-26-7-6-14-36-25(34)21(26)20-23(32)30(19(17-31)18(2)3)22-24(33)29(9-5-8-27(20,22)37-26)11-10-28-12-15-35-16-13-28/h5-8,18-22,31H,4,9-17H2,1-3H3/t19-,20-,21+,22?,26-,27-/m0/s1. The number of aliphatic hydroxyl groups excluding tert-OH is 1. The molecule has 0 bridgehead atoms. The van der Waals surface area contributed by atoms with Gasteiger partial charge in [-0.25, -0.2) is 0 Å². The van der Waals surface area contributed by atoms with Crippen LogP contribution in [0, 0.1) is 17.8 Å². The minimum absolute atomic E-state index is 0.108. The van der Waals surface area contributed by atoms with E-state index in [0.717, 1.165) is 13.1 Å². The van der Waals surface area contributed by atoms with Crippen LogP contribution in [0.1, 0.15) is 27.2 Å². The largest absolute Gasteiger partial charge is 0.461 e. The molecule has 5 aliphatic heterocycles. The number of carbonyl (C=O) groups is 3. The smallest absolute Gasteiger partial charge is 0.313 e. The summed E-state index contributed by atoms with van der Waals surface area (Å²) in [6, 6.07) is -1.57. The van der Waals surface area contributed by atoms with Crippen molar-refractivity contribution in [3.05, 3.63) is 24.3 Å². The molecule has 0 aromatic rings. The van der Waals surface area contributed by atoms with Crippen LogP contribution in [0.25, 0.3) is 0 Å². The van der Waals surface area contributed by atoms with E-state index in [-0.39, 0.29) is 30.9 Å². The fourth-order valence-electron chi connectivity index (χ4n) is 6.85. The second-order valence-electron chi connectivity index (χ2n) is 11.0. The van der Waals surface area contributed by atoms with Gasteiger partial charge in [-0.1, -0.05) is 39.0 Å². The van der Waals surface area contributed by atoms with Gasteiger partial charge in [-0.05, 0) is 18.4 Å². The lowest BCUT2D eigenvalue weighted by Crippen LogP contribution is -2.60. The molecule has 10 heteroatoms. The maximum absolute atomic E-state index is 14.3. The molecule has 10 nitrogen and oxygen atoms in total. The number of aliphatic hydroxyl groups is 1. The molecule has 0 aromatic carbocycles. The average Bonchev–Trinajstić information content (AvgIpc) is 3.17. The van der Waals surface area contributed by atoms with Gasteiger partial charge in [0.2, 0.25) is 11.8 Å². The van der Waals surface area contributed by atoms with Crippen molar-refractivity contribution in [2.75, 3.05) is 59.2 Å². The zero-order valence-corrected chi connectivity index (χ0v) is 22.0. The zero-order chi connectivity index (χ0) is 26.4. The van der Waals surface area contributed by atoms with Gasteiger partial charge in [-0.2, -0.15) is 0 Å². The van der Waals surface area contributed by atoms with Crippen LogP contribution < -0.4 is 0 Å². The van der Waals surface area contributed by atoms with Crippen molar-refractivity contribution in [1.29, 1.82) is 0 Å². The third-order valence-electron chi connectivity index (χ3n) is 8.82. The van der Waals surface area contributed by atoms with Crippen LogP contribution in [0.4, 0.5) is 0 Å². The first-order valence-electron chi connectivity index (χ1n) is 13.5. The van der Waals surface area contributed by atoms with Gasteiger partial charge in [0.25, 0.3) is 0 Å². The maximum atomic E-state index is 14.3. The number of ether oxygens (including phenoxy) is 3. The number of hydrogen-bond donors (Lipinski definition) is 1. The molecule has 5 heterocycles. The summed E-state index contributed by atoms with van der Waals surface area (Å²) in [5.41, 5.74) is -2.37. The molecule has 1 unspecified atom stereocenters. The van der Waals surface area contributed by atoms with Crippen LogP contribution in [0.5, 0.6) is 0 Å². The first kappa shape index (κ1) is 26.3. The van der Waals surface area contributed by atoms with Gasteiger partial charge < -0.3 is 29.1 Å². The summed E-state index contributed by atoms with van der Waals surface area (Å²) in [5, 5.41) is 10.3. The van der Waals surface area contributed by atoms with Crippen molar-refractivity contribution in [3.63, 3.8) is 0 Å². The zero-order valence-electron chi connectivity index (χ0n) is 22.0. The lowest BCUT2D eigenvalue weighted by atomic mass is 9.73. The Morgan fingerprint density at radius 3 is 2.49 bits per heavy atom. The third kappa shape index (κ3) is 4.13. The molecule has 0 radical (unpaired) electrons. The SMILES string of the molecule is CC[C@]12C=CCOC(=O)[C@H]1[C@H]1C(=O)N([C@@H](CO)C(C)C)C3C(=O)N(CCN4CCOCC4)CC=C[C@@]31O2. The number of morpholine rings is 1. The number of likely N-dealkylation sites (tertiary alicyclic amines) is 1. The van der Waals surface area contributed by atoms with Gasteiger partial charge in [-0.3, -0.25) is 19.3 Å². The van der Waals surface area contributed by atoms with Crippen LogP contribution in [0.3, 0.4) is 0 Å². The predicted molar refractivity (Wildman–Crippen MR) is 133 cm³/mol. The van der Waals surface area contributed by atoms with Gasteiger partial charge in [0.15, 0.2) is 0 Å². The van der Waals surface area contributed by atoms with E-state index in [4.69, 9.17) is 14.2 Å². The number of esters is 1. The summed E-state index contributed by atoms with van der Waals surface area (Å²) in [7, 11) is 0. The number of cyclic esters (lactones) is 1. The average molecular weight is 518 g/mol. The first-order chi connectivity index (χ1) is 17.8. The van der Waals surface area contributed by atoms with Crippen LogP contribution in [-0.4, -0.2) is 120 Å². The Balaban J connectivity index is 1.56. The Morgan fingerprint density at radius 1 is 1.05 bits per heavy atom. The molecule has 5 aliphatic rings. The highest BCUT2D eigenvalue weighted by Crippen LogP contribution is 2.58. The fraction of sp³-hybridized carbons (Fsp3) is 0.741. The predicted octanol–water partition coefficient (Wildman–Crippen LogP) is 0.208. The van der Waals surface area contributed by atoms with E-state index in [2.05, 4.69) is 4.90 Å². The minimum Gasteiger partial charge on any atom is -0.461 e. The van der Waals surface area contributed by atoms with Gasteiger partial charge >= 0.3 is 5.97 Å². The van der Waals surface area contributed by atoms with Gasteiger partial charge in [0, 0.05) is 32.7 Å². The quantitative estimate of drug-likeness (QED) is 0.377. The van der Waals surface area contributed by atoms with Gasteiger partial charge in [0.1, 0.15) is 29.8 Å². The normalized spacial score (nSPS) is 36.8. The van der Waals surface area contributed by atoms with Crippen molar-refractivity contribution >= 4 is 17.8 Å². The third-order valence-corrected chi connectivity index (χ3v) is 8.82. The molecule has 204 valence electrons. The van der Waals surface area contributed by atoms with Gasteiger partial charge in [0.05, 0.1) is 31.8 Å².